The summed E-state index contributed by atoms with van der Waals surface area (Å²) in [6.45, 7) is 0.335. The molecule has 5 rings (SSSR count). The van der Waals surface area contributed by atoms with E-state index in [1.807, 2.05) is 12.1 Å². The van der Waals surface area contributed by atoms with Gasteiger partial charge in [0.05, 0.1) is 12.9 Å². The maximum atomic E-state index is 10.4. The second kappa shape index (κ2) is 11.1. The summed E-state index contributed by atoms with van der Waals surface area (Å²) in [4.78, 5) is 13.1. The van der Waals surface area contributed by atoms with Gasteiger partial charge in [0, 0.05) is 12.5 Å². The first-order valence-corrected chi connectivity index (χ1v) is 12.3. The lowest BCUT2D eigenvalue weighted by molar-refractivity contribution is -0.0511. The number of hydrogen-bond donors (Lipinski definition) is 4. The topological polar surface area (TPSA) is 126 Å². The number of anilines is 1. The summed E-state index contributed by atoms with van der Waals surface area (Å²) in [6.07, 6.45) is 1.83. The Morgan fingerprint density at radius 3 is 2.22 bits per heavy atom. The van der Waals surface area contributed by atoms with E-state index in [1.54, 1.807) is 4.57 Å². The van der Waals surface area contributed by atoms with Crippen molar-refractivity contribution in [1.29, 1.82) is 0 Å². The molecule has 4 aromatic rings. The number of hydrogen-bond acceptors (Lipinski definition) is 8. The number of nitrogens with zero attached hydrogens (tertiary/aromatic N) is 4. The molecule has 1 unspecified atom stereocenters. The van der Waals surface area contributed by atoms with Gasteiger partial charge in [-0.2, -0.15) is 0 Å². The van der Waals surface area contributed by atoms with Crippen molar-refractivity contribution in [3.05, 3.63) is 84.4 Å². The third-order valence-corrected chi connectivity index (χ3v) is 6.77. The van der Waals surface area contributed by atoms with Crippen molar-refractivity contribution in [2.75, 3.05) is 18.5 Å². The van der Waals surface area contributed by atoms with Crippen molar-refractivity contribution < 1.29 is 20.1 Å². The van der Waals surface area contributed by atoms with Crippen LogP contribution in [0.5, 0.6) is 0 Å². The zero-order chi connectivity index (χ0) is 24.9. The molecule has 9 nitrogen and oxygen atoms in total. The Hall–Kier alpha value is -3.37. The smallest absolute Gasteiger partial charge is 0.167 e. The van der Waals surface area contributed by atoms with E-state index in [4.69, 9.17) is 4.74 Å². The quantitative estimate of drug-likeness (QED) is 0.251. The molecule has 0 bridgehead atoms. The lowest BCUT2D eigenvalue weighted by atomic mass is 9.87. The summed E-state index contributed by atoms with van der Waals surface area (Å²) in [5, 5.41) is 33.2. The van der Waals surface area contributed by atoms with Gasteiger partial charge in [-0.25, -0.2) is 15.0 Å². The molecule has 1 aliphatic rings. The number of nitrogens with one attached hydrogen (secondary N) is 1. The van der Waals surface area contributed by atoms with Crippen LogP contribution in [-0.4, -0.2) is 66.3 Å². The predicted molar refractivity (Wildman–Crippen MR) is 135 cm³/mol. The van der Waals surface area contributed by atoms with Crippen LogP contribution < -0.4 is 5.32 Å². The number of ether oxygens (including phenoxy) is 1. The lowest BCUT2D eigenvalue weighted by Crippen LogP contribution is -2.33. The second-order valence-corrected chi connectivity index (χ2v) is 9.07. The normalized spacial score (nSPS) is 21.9. The van der Waals surface area contributed by atoms with Gasteiger partial charge in [0.25, 0.3) is 0 Å². The van der Waals surface area contributed by atoms with Crippen LogP contribution in [0.1, 0.15) is 42.5 Å². The van der Waals surface area contributed by atoms with E-state index < -0.39 is 31.1 Å². The number of aliphatic hydroxyl groups is 3. The van der Waals surface area contributed by atoms with Gasteiger partial charge in [-0.05, 0) is 24.0 Å². The van der Waals surface area contributed by atoms with E-state index in [1.165, 1.54) is 23.8 Å². The van der Waals surface area contributed by atoms with Gasteiger partial charge in [-0.3, -0.25) is 4.57 Å². The first-order chi connectivity index (χ1) is 17.7. The minimum atomic E-state index is -1.20. The summed E-state index contributed by atoms with van der Waals surface area (Å²) < 4.78 is 7.19. The molecule has 0 aliphatic carbocycles. The number of aliphatic hydroxyl groups excluding tert-OH is 3. The van der Waals surface area contributed by atoms with Crippen molar-refractivity contribution in [1.82, 2.24) is 19.5 Å². The fourth-order valence-electron chi connectivity index (χ4n) is 4.85. The molecule has 2 aromatic carbocycles. The average molecular weight is 490 g/mol. The molecule has 4 N–H and O–H groups in total. The average Bonchev–Trinajstić information content (AvgIpc) is 3.48. The molecule has 0 radical (unpaired) electrons. The van der Waals surface area contributed by atoms with Gasteiger partial charge in [0.2, 0.25) is 0 Å². The van der Waals surface area contributed by atoms with Crippen molar-refractivity contribution in [2.45, 2.75) is 49.7 Å². The molecule has 3 heterocycles. The van der Waals surface area contributed by atoms with Crippen LogP contribution >= 0.6 is 0 Å². The summed E-state index contributed by atoms with van der Waals surface area (Å²) in [7, 11) is 0. The highest BCUT2D eigenvalue weighted by Crippen LogP contribution is 2.32. The molecule has 36 heavy (non-hydrogen) atoms. The largest absolute Gasteiger partial charge is 0.394 e. The Morgan fingerprint density at radius 1 is 0.889 bits per heavy atom. The Kier molecular flexibility index (Phi) is 7.52. The Balaban J connectivity index is 1.22. The highest BCUT2D eigenvalue weighted by molar-refractivity contribution is 5.82. The zero-order valence-corrected chi connectivity index (χ0v) is 19.9. The minimum absolute atomic E-state index is 0.352. The highest BCUT2D eigenvalue weighted by atomic mass is 16.6. The summed E-state index contributed by atoms with van der Waals surface area (Å²) in [5.41, 5.74) is 3.69. The van der Waals surface area contributed by atoms with Crippen molar-refractivity contribution >= 4 is 17.0 Å². The number of imidazole rings is 1. The van der Waals surface area contributed by atoms with Gasteiger partial charge >= 0.3 is 0 Å². The lowest BCUT2D eigenvalue weighted by Gasteiger charge is -2.18. The van der Waals surface area contributed by atoms with E-state index in [0.29, 0.717) is 22.9 Å². The van der Waals surface area contributed by atoms with Gasteiger partial charge in [-0.15, -0.1) is 0 Å². The number of unbranched alkanes of at least 4 members (excludes halogenated alkanes) is 1. The first kappa shape index (κ1) is 24.3. The molecule has 0 spiro atoms. The Morgan fingerprint density at radius 2 is 1.58 bits per heavy atom. The van der Waals surface area contributed by atoms with Crippen LogP contribution in [0.25, 0.3) is 11.2 Å². The molecule has 0 saturated carbocycles. The molecular weight excluding hydrogens is 458 g/mol. The first-order valence-electron chi connectivity index (χ1n) is 12.3. The second-order valence-electron chi connectivity index (χ2n) is 9.07. The molecule has 4 atom stereocenters. The number of fused-ring (bicyclic) bond motifs is 1. The van der Waals surface area contributed by atoms with E-state index >= 15 is 0 Å². The van der Waals surface area contributed by atoms with Crippen LogP contribution in [0.3, 0.4) is 0 Å². The molecule has 1 aliphatic heterocycles. The summed E-state index contributed by atoms with van der Waals surface area (Å²) in [5.74, 6) is 0.956. The van der Waals surface area contributed by atoms with Crippen LogP contribution in [0, 0.1) is 0 Å². The number of benzene rings is 2. The van der Waals surface area contributed by atoms with Crippen molar-refractivity contribution in [3.63, 3.8) is 0 Å². The predicted octanol–water partition coefficient (Wildman–Crippen LogP) is 2.85. The van der Waals surface area contributed by atoms with Gasteiger partial charge in [0.1, 0.15) is 24.6 Å². The molecule has 0 amide bonds. The van der Waals surface area contributed by atoms with Gasteiger partial charge in [-0.1, -0.05) is 67.1 Å². The van der Waals surface area contributed by atoms with E-state index in [9.17, 15) is 15.3 Å². The molecule has 2 aromatic heterocycles. The molecule has 9 heteroatoms. The third-order valence-electron chi connectivity index (χ3n) is 6.77. The van der Waals surface area contributed by atoms with Gasteiger partial charge in [0.15, 0.2) is 23.2 Å². The fraction of sp³-hybridized carbons (Fsp3) is 0.370. The third kappa shape index (κ3) is 4.96. The van der Waals surface area contributed by atoms with Gasteiger partial charge < -0.3 is 25.4 Å². The molecule has 188 valence electrons. The van der Waals surface area contributed by atoms with Crippen LogP contribution in [-0.2, 0) is 4.74 Å². The maximum absolute atomic E-state index is 10.4. The molecule has 1 fully saturated rings. The van der Waals surface area contributed by atoms with Crippen molar-refractivity contribution in [3.8, 4) is 0 Å². The van der Waals surface area contributed by atoms with E-state index in [-0.39, 0.29) is 0 Å². The Labute approximate surface area is 209 Å². The highest BCUT2D eigenvalue weighted by Gasteiger charge is 2.44. The van der Waals surface area contributed by atoms with E-state index in [0.717, 1.165) is 25.8 Å². The van der Waals surface area contributed by atoms with Crippen LogP contribution in [0.4, 0.5) is 5.82 Å². The zero-order valence-electron chi connectivity index (χ0n) is 19.9. The van der Waals surface area contributed by atoms with E-state index in [2.05, 4.69) is 68.8 Å². The SMILES string of the molecule is OC[C@H]1OC(n2cnc3c(NCCCCC(c4ccccc4)c4ccccc4)ncnc32)[C@H](O)[C@@H]1O. The number of aromatic nitrogens is 4. The summed E-state index contributed by atoms with van der Waals surface area (Å²) >= 11 is 0. The van der Waals surface area contributed by atoms with Crippen LogP contribution in [0.2, 0.25) is 0 Å². The fourth-order valence-corrected chi connectivity index (χ4v) is 4.85. The number of rotatable bonds is 10. The summed E-state index contributed by atoms with van der Waals surface area (Å²) in [6, 6.07) is 21.2. The molecular formula is C27H31N5O4. The monoisotopic (exact) mass is 489 g/mol. The minimum Gasteiger partial charge on any atom is -0.394 e. The van der Waals surface area contributed by atoms with Crippen molar-refractivity contribution in [2.24, 2.45) is 0 Å². The molecule has 1 saturated heterocycles. The standard InChI is InChI=1S/C27H31N5O4/c33-15-21-23(34)24(35)27(36-21)32-17-31-22-25(29-16-30-26(22)32)28-14-8-7-13-20(18-9-3-1-4-10-18)19-11-5-2-6-12-19/h1-6,9-12,16-17,20-21,23-24,27,33-35H,7-8,13-15H2,(H,28,29,30)/t21-,23-,24-,27?/m1/s1. The van der Waals surface area contributed by atoms with Crippen LogP contribution in [0.15, 0.2) is 73.3 Å². The Bertz CT molecular complexity index is 1210. The maximum Gasteiger partial charge on any atom is 0.167 e.